The predicted molar refractivity (Wildman–Crippen MR) is 67.4 cm³/mol. The third kappa shape index (κ3) is 2.82. The zero-order chi connectivity index (χ0) is 11.4. The van der Waals surface area contributed by atoms with Gasteiger partial charge >= 0.3 is 0 Å². The van der Waals surface area contributed by atoms with Crippen LogP contribution >= 0.6 is 0 Å². The van der Waals surface area contributed by atoms with Crippen molar-refractivity contribution < 1.29 is 0 Å². The molecule has 1 aromatic carbocycles. The second-order valence-electron chi connectivity index (χ2n) is 4.53. The van der Waals surface area contributed by atoms with Gasteiger partial charge in [0.2, 0.25) is 0 Å². The number of nitrogens with two attached hydrogens (primary N) is 1. The first-order chi connectivity index (χ1) is 7.10. The van der Waals surface area contributed by atoms with Crippen LogP contribution in [-0.2, 0) is 0 Å². The van der Waals surface area contributed by atoms with Crippen LogP contribution < -0.4 is 5.73 Å². The molecule has 0 radical (unpaired) electrons. The van der Waals surface area contributed by atoms with Crippen LogP contribution in [0.1, 0.15) is 47.9 Å². The fourth-order valence-electron chi connectivity index (χ4n) is 2.56. The van der Waals surface area contributed by atoms with Crippen molar-refractivity contribution in [3.05, 3.63) is 34.4 Å². The van der Waals surface area contributed by atoms with E-state index in [4.69, 9.17) is 5.73 Å². The van der Waals surface area contributed by atoms with Crippen LogP contribution in [0.15, 0.2) is 12.1 Å². The van der Waals surface area contributed by atoms with E-state index in [2.05, 4.69) is 39.8 Å². The lowest BCUT2D eigenvalue weighted by Crippen LogP contribution is -2.15. The molecule has 84 valence electrons. The molecule has 0 aliphatic rings. The lowest BCUT2D eigenvalue weighted by atomic mass is 9.87. The Morgan fingerprint density at radius 2 is 1.67 bits per heavy atom. The van der Waals surface area contributed by atoms with E-state index in [1.54, 1.807) is 0 Å². The Hall–Kier alpha value is -0.820. The summed E-state index contributed by atoms with van der Waals surface area (Å²) >= 11 is 0. The molecular formula is C14H23N. The maximum Gasteiger partial charge on any atom is -0.000804 e. The molecule has 1 unspecified atom stereocenters. The number of benzene rings is 1. The molecule has 0 heterocycles. The third-order valence-electron chi connectivity index (χ3n) is 3.07. The lowest BCUT2D eigenvalue weighted by molar-refractivity contribution is 0.616. The zero-order valence-corrected chi connectivity index (χ0v) is 10.4. The smallest absolute Gasteiger partial charge is 0.000804 e. The van der Waals surface area contributed by atoms with Crippen molar-refractivity contribution in [1.29, 1.82) is 0 Å². The standard InChI is InChI=1S/C14H23N/c1-5-6-13(9-15)14-11(3)7-10(2)8-12(14)4/h7-8,13H,5-6,9,15H2,1-4H3. The van der Waals surface area contributed by atoms with Crippen molar-refractivity contribution in [3.63, 3.8) is 0 Å². The molecule has 0 spiro atoms. The van der Waals surface area contributed by atoms with Crippen molar-refractivity contribution in [3.8, 4) is 0 Å². The van der Waals surface area contributed by atoms with Crippen LogP contribution in [0.3, 0.4) is 0 Å². The summed E-state index contributed by atoms with van der Waals surface area (Å²) in [6, 6.07) is 4.53. The fourth-order valence-corrected chi connectivity index (χ4v) is 2.56. The van der Waals surface area contributed by atoms with Crippen LogP contribution in [0.4, 0.5) is 0 Å². The van der Waals surface area contributed by atoms with Crippen LogP contribution in [-0.4, -0.2) is 6.54 Å². The van der Waals surface area contributed by atoms with Gasteiger partial charge in [0.15, 0.2) is 0 Å². The van der Waals surface area contributed by atoms with E-state index in [9.17, 15) is 0 Å². The highest BCUT2D eigenvalue weighted by Crippen LogP contribution is 2.27. The highest BCUT2D eigenvalue weighted by molar-refractivity contribution is 5.40. The minimum absolute atomic E-state index is 0.538. The van der Waals surface area contributed by atoms with Crippen molar-refractivity contribution in [2.45, 2.75) is 46.5 Å². The summed E-state index contributed by atoms with van der Waals surface area (Å²) in [5.41, 5.74) is 11.5. The fraction of sp³-hybridized carbons (Fsp3) is 0.571. The predicted octanol–water partition coefficient (Wildman–Crippen LogP) is 3.45. The molecule has 0 aliphatic carbocycles. The first-order valence-electron chi connectivity index (χ1n) is 5.88. The van der Waals surface area contributed by atoms with Crippen molar-refractivity contribution in [2.24, 2.45) is 5.73 Å². The highest BCUT2D eigenvalue weighted by Gasteiger charge is 2.13. The van der Waals surface area contributed by atoms with E-state index >= 15 is 0 Å². The first-order valence-corrected chi connectivity index (χ1v) is 5.88. The van der Waals surface area contributed by atoms with Gasteiger partial charge in [0.1, 0.15) is 0 Å². The Labute approximate surface area is 93.7 Å². The maximum absolute atomic E-state index is 5.87. The van der Waals surface area contributed by atoms with E-state index in [0.29, 0.717) is 5.92 Å². The normalized spacial score (nSPS) is 12.9. The van der Waals surface area contributed by atoms with Crippen LogP contribution in [0, 0.1) is 20.8 Å². The van der Waals surface area contributed by atoms with Gasteiger partial charge in [0.25, 0.3) is 0 Å². The Balaban J connectivity index is 3.11. The van der Waals surface area contributed by atoms with Gasteiger partial charge in [-0.1, -0.05) is 31.0 Å². The van der Waals surface area contributed by atoms with Gasteiger partial charge in [0, 0.05) is 0 Å². The largest absolute Gasteiger partial charge is 0.330 e. The maximum atomic E-state index is 5.87. The molecule has 0 saturated carbocycles. The van der Waals surface area contributed by atoms with Gasteiger partial charge in [-0.25, -0.2) is 0 Å². The first kappa shape index (κ1) is 12.3. The summed E-state index contributed by atoms with van der Waals surface area (Å²) in [6.45, 7) is 9.54. The molecule has 0 aliphatic heterocycles. The van der Waals surface area contributed by atoms with E-state index in [0.717, 1.165) is 6.54 Å². The second-order valence-corrected chi connectivity index (χ2v) is 4.53. The lowest BCUT2D eigenvalue weighted by Gasteiger charge is -2.20. The van der Waals surface area contributed by atoms with Crippen LogP contribution in [0.5, 0.6) is 0 Å². The summed E-state index contributed by atoms with van der Waals surface area (Å²) in [7, 11) is 0. The van der Waals surface area contributed by atoms with Crippen LogP contribution in [0.25, 0.3) is 0 Å². The Morgan fingerprint density at radius 3 is 2.07 bits per heavy atom. The van der Waals surface area contributed by atoms with Gasteiger partial charge in [-0.05, 0) is 56.3 Å². The molecule has 1 nitrogen and oxygen atoms in total. The van der Waals surface area contributed by atoms with Gasteiger partial charge < -0.3 is 5.73 Å². The molecule has 1 aromatic rings. The molecule has 0 bridgehead atoms. The Kier molecular flexibility index (Phi) is 4.34. The monoisotopic (exact) mass is 205 g/mol. The highest BCUT2D eigenvalue weighted by atomic mass is 14.5. The summed E-state index contributed by atoms with van der Waals surface area (Å²) in [4.78, 5) is 0. The number of hydrogen-bond acceptors (Lipinski definition) is 1. The van der Waals surface area contributed by atoms with E-state index in [1.807, 2.05) is 0 Å². The summed E-state index contributed by atoms with van der Waals surface area (Å²) in [6.07, 6.45) is 2.40. The number of hydrogen-bond donors (Lipinski definition) is 1. The minimum atomic E-state index is 0.538. The van der Waals surface area contributed by atoms with Gasteiger partial charge in [0.05, 0.1) is 0 Å². The Morgan fingerprint density at radius 1 is 1.13 bits per heavy atom. The second kappa shape index (κ2) is 5.32. The molecule has 0 saturated heterocycles. The van der Waals surface area contributed by atoms with Crippen molar-refractivity contribution in [2.75, 3.05) is 6.54 Å². The van der Waals surface area contributed by atoms with Crippen molar-refractivity contribution >= 4 is 0 Å². The molecule has 0 amide bonds. The summed E-state index contributed by atoms with van der Waals surface area (Å²) < 4.78 is 0. The SMILES string of the molecule is CCCC(CN)c1c(C)cc(C)cc1C. The number of rotatable bonds is 4. The summed E-state index contributed by atoms with van der Waals surface area (Å²) in [5, 5.41) is 0. The molecule has 0 aromatic heterocycles. The quantitative estimate of drug-likeness (QED) is 0.800. The third-order valence-corrected chi connectivity index (χ3v) is 3.07. The van der Waals surface area contributed by atoms with E-state index < -0.39 is 0 Å². The molecule has 2 N–H and O–H groups in total. The molecule has 15 heavy (non-hydrogen) atoms. The molecule has 0 fully saturated rings. The molecule has 1 heteroatoms. The van der Waals surface area contributed by atoms with Crippen LogP contribution in [0.2, 0.25) is 0 Å². The average Bonchev–Trinajstić information content (AvgIpc) is 2.14. The number of aryl methyl sites for hydroxylation is 3. The average molecular weight is 205 g/mol. The van der Waals surface area contributed by atoms with Crippen molar-refractivity contribution in [1.82, 2.24) is 0 Å². The zero-order valence-electron chi connectivity index (χ0n) is 10.4. The van der Waals surface area contributed by atoms with Gasteiger partial charge in [-0.2, -0.15) is 0 Å². The Bertz CT molecular complexity index is 305. The van der Waals surface area contributed by atoms with E-state index in [-0.39, 0.29) is 0 Å². The minimum Gasteiger partial charge on any atom is -0.330 e. The van der Waals surface area contributed by atoms with Gasteiger partial charge in [-0.15, -0.1) is 0 Å². The summed E-state index contributed by atoms with van der Waals surface area (Å²) in [5.74, 6) is 0.538. The van der Waals surface area contributed by atoms with Gasteiger partial charge in [-0.3, -0.25) is 0 Å². The molecule has 1 rings (SSSR count). The van der Waals surface area contributed by atoms with E-state index in [1.165, 1.54) is 35.1 Å². The molecule has 1 atom stereocenters. The molecular weight excluding hydrogens is 182 g/mol. The topological polar surface area (TPSA) is 26.0 Å².